The molecular formula is C20H25N5OS. The third kappa shape index (κ3) is 3.83. The second-order valence-electron chi connectivity index (χ2n) is 6.73. The lowest BCUT2D eigenvalue weighted by molar-refractivity contribution is -0.118. The molecule has 3 aromatic rings. The molecule has 3 rings (SSSR count). The van der Waals surface area contributed by atoms with E-state index >= 15 is 0 Å². The molecule has 2 aromatic heterocycles. The molecule has 1 aromatic carbocycles. The fourth-order valence-electron chi connectivity index (χ4n) is 3.39. The molecule has 0 bridgehead atoms. The van der Waals surface area contributed by atoms with Crippen molar-refractivity contribution in [3.8, 4) is 0 Å². The molecule has 0 saturated carbocycles. The third-order valence-corrected chi connectivity index (χ3v) is 5.21. The smallest absolute Gasteiger partial charge is 0.253 e. The second kappa shape index (κ2) is 7.68. The van der Waals surface area contributed by atoms with Gasteiger partial charge in [-0.15, -0.1) is 5.10 Å². The number of nitrogens with zero attached hydrogens (tertiary/aromatic N) is 5. The number of anilines is 1. The summed E-state index contributed by atoms with van der Waals surface area (Å²) >= 11 is 1.48. The van der Waals surface area contributed by atoms with Gasteiger partial charge < -0.3 is 4.90 Å². The number of hydrogen-bond donors (Lipinski definition) is 0. The van der Waals surface area contributed by atoms with E-state index in [-0.39, 0.29) is 12.3 Å². The number of carbonyl (C=O) groups is 1. The molecule has 0 aliphatic heterocycles. The summed E-state index contributed by atoms with van der Waals surface area (Å²) in [5.41, 5.74) is 5.89. The first-order chi connectivity index (χ1) is 12.8. The zero-order valence-electron chi connectivity index (χ0n) is 16.7. The van der Waals surface area contributed by atoms with Crippen LogP contribution >= 0.6 is 11.8 Å². The number of thioether (sulfide) groups is 1. The molecule has 0 saturated heterocycles. The lowest BCUT2D eigenvalue weighted by Crippen LogP contribution is -2.32. The third-order valence-electron chi connectivity index (χ3n) is 4.68. The molecule has 0 spiro atoms. The van der Waals surface area contributed by atoms with Gasteiger partial charge in [0.15, 0.2) is 0 Å². The van der Waals surface area contributed by atoms with Gasteiger partial charge in [0.05, 0.1) is 6.42 Å². The average Bonchev–Trinajstić information content (AvgIpc) is 3.01. The van der Waals surface area contributed by atoms with E-state index in [0.717, 1.165) is 33.8 Å². The van der Waals surface area contributed by atoms with Crippen LogP contribution in [0.15, 0.2) is 23.4 Å². The van der Waals surface area contributed by atoms with Crippen molar-refractivity contribution in [1.82, 2.24) is 19.6 Å². The highest BCUT2D eigenvalue weighted by Crippen LogP contribution is 2.22. The van der Waals surface area contributed by atoms with Gasteiger partial charge in [-0.25, -0.2) is 9.50 Å². The summed E-state index contributed by atoms with van der Waals surface area (Å²) in [6, 6.07) is 6.22. The van der Waals surface area contributed by atoms with E-state index in [0.29, 0.717) is 17.5 Å². The highest BCUT2D eigenvalue weighted by molar-refractivity contribution is 7.98. The number of hydrogen-bond acceptors (Lipinski definition) is 5. The van der Waals surface area contributed by atoms with Crippen LogP contribution in [-0.4, -0.2) is 38.3 Å². The Labute approximate surface area is 164 Å². The normalized spacial score (nSPS) is 11.2. The number of fused-ring (bicyclic) bond motifs is 1. The van der Waals surface area contributed by atoms with Crippen molar-refractivity contribution in [1.29, 1.82) is 0 Å². The Morgan fingerprint density at radius 1 is 1.11 bits per heavy atom. The molecule has 0 atom stereocenters. The van der Waals surface area contributed by atoms with Crippen LogP contribution in [0, 0.1) is 27.7 Å². The maximum absolute atomic E-state index is 13.1. The summed E-state index contributed by atoms with van der Waals surface area (Å²) in [6.45, 7) is 10.6. The van der Waals surface area contributed by atoms with Gasteiger partial charge in [-0.1, -0.05) is 17.8 Å². The van der Waals surface area contributed by atoms with Crippen molar-refractivity contribution in [2.75, 3.05) is 17.7 Å². The summed E-state index contributed by atoms with van der Waals surface area (Å²) in [5.74, 6) is 0.632. The van der Waals surface area contributed by atoms with Gasteiger partial charge in [0, 0.05) is 29.2 Å². The Bertz CT molecular complexity index is 991. The van der Waals surface area contributed by atoms with E-state index in [9.17, 15) is 4.79 Å². The average molecular weight is 384 g/mol. The Morgan fingerprint density at radius 3 is 2.37 bits per heavy atom. The highest BCUT2D eigenvalue weighted by Gasteiger charge is 2.20. The van der Waals surface area contributed by atoms with E-state index in [1.165, 1.54) is 11.8 Å². The van der Waals surface area contributed by atoms with E-state index in [2.05, 4.69) is 47.1 Å². The topological polar surface area (TPSA) is 63.4 Å². The van der Waals surface area contributed by atoms with E-state index < -0.39 is 0 Å². The summed E-state index contributed by atoms with van der Waals surface area (Å²) in [5, 5.41) is 5.15. The van der Waals surface area contributed by atoms with E-state index in [1.807, 2.05) is 31.9 Å². The van der Waals surface area contributed by atoms with E-state index in [1.54, 1.807) is 4.52 Å². The first-order valence-corrected chi connectivity index (χ1v) is 10.2. The van der Waals surface area contributed by atoms with Crippen molar-refractivity contribution < 1.29 is 4.79 Å². The van der Waals surface area contributed by atoms with Gasteiger partial charge in [-0.05, 0) is 64.1 Å². The number of amides is 1. The van der Waals surface area contributed by atoms with Crippen molar-refractivity contribution in [2.45, 2.75) is 46.2 Å². The van der Waals surface area contributed by atoms with Crippen LogP contribution in [0.4, 0.5) is 5.69 Å². The van der Waals surface area contributed by atoms with Gasteiger partial charge in [0.1, 0.15) is 0 Å². The maximum Gasteiger partial charge on any atom is 0.253 e. The van der Waals surface area contributed by atoms with E-state index in [4.69, 9.17) is 0 Å². The largest absolute Gasteiger partial charge is 0.312 e. The Kier molecular flexibility index (Phi) is 5.51. The lowest BCUT2D eigenvalue weighted by atomic mass is 10.1. The van der Waals surface area contributed by atoms with Gasteiger partial charge in [-0.3, -0.25) is 4.79 Å². The number of carbonyl (C=O) groups excluding carboxylic acids is 1. The monoisotopic (exact) mass is 383 g/mol. The minimum absolute atomic E-state index is 0.0556. The van der Waals surface area contributed by atoms with Gasteiger partial charge in [0.25, 0.3) is 5.78 Å². The van der Waals surface area contributed by atoms with Crippen LogP contribution in [0.1, 0.15) is 35.0 Å². The fraction of sp³-hybridized carbons (Fsp3) is 0.400. The molecule has 0 N–H and O–H groups in total. The molecule has 0 unspecified atom stereocenters. The summed E-state index contributed by atoms with van der Waals surface area (Å²) in [6.07, 6.45) is 2.22. The molecule has 1 amide bonds. The van der Waals surface area contributed by atoms with Gasteiger partial charge in [0.2, 0.25) is 11.1 Å². The first-order valence-electron chi connectivity index (χ1n) is 8.99. The molecule has 142 valence electrons. The summed E-state index contributed by atoms with van der Waals surface area (Å²) in [7, 11) is 0. The zero-order valence-corrected chi connectivity index (χ0v) is 17.5. The minimum atomic E-state index is 0.0556. The number of aryl methyl sites for hydroxylation is 4. The lowest BCUT2D eigenvalue weighted by Gasteiger charge is -2.23. The Balaban J connectivity index is 1.96. The standard InChI is InChI=1S/C20H25N5OS/c1-7-24(16-9-12(2)8-13(3)10-16)18(26)11-17-14(4)21-19-22-20(27-6)23-25(19)15(17)5/h8-10H,7,11H2,1-6H3. The van der Waals surface area contributed by atoms with Crippen molar-refractivity contribution >= 4 is 29.1 Å². The predicted octanol–water partition coefficient (Wildman–Crippen LogP) is 3.68. The number of rotatable bonds is 5. The fourth-order valence-corrected chi connectivity index (χ4v) is 3.72. The summed E-state index contributed by atoms with van der Waals surface area (Å²) in [4.78, 5) is 23.9. The molecule has 7 heteroatoms. The van der Waals surface area contributed by atoms with Crippen LogP contribution < -0.4 is 4.90 Å². The SMILES string of the molecule is CCN(C(=O)Cc1c(C)nc2nc(SC)nn2c1C)c1cc(C)cc(C)c1. The van der Waals surface area contributed by atoms with Crippen LogP contribution in [0.3, 0.4) is 0 Å². The second-order valence-corrected chi connectivity index (χ2v) is 7.51. The van der Waals surface area contributed by atoms with Crippen LogP contribution in [-0.2, 0) is 11.2 Å². The van der Waals surface area contributed by atoms with Crippen molar-refractivity contribution in [2.24, 2.45) is 0 Å². The Morgan fingerprint density at radius 2 is 1.78 bits per heavy atom. The number of benzene rings is 1. The molecular weight excluding hydrogens is 358 g/mol. The van der Waals surface area contributed by atoms with Gasteiger partial charge in [-0.2, -0.15) is 4.98 Å². The molecule has 6 nitrogen and oxygen atoms in total. The molecule has 2 heterocycles. The maximum atomic E-state index is 13.1. The van der Waals surface area contributed by atoms with Gasteiger partial charge >= 0.3 is 0 Å². The quantitative estimate of drug-likeness (QED) is 0.629. The molecule has 0 aliphatic carbocycles. The van der Waals surface area contributed by atoms with Crippen molar-refractivity contribution in [3.63, 3.8) is 0 Å². The predicted molar refractivity (Wildman–Crippen MR) is 110 cm³/mol. The summed E-state index contributed by atoms with van der Waals surface area (Å²) < 4.78 is 1.73. The van der Waals surface area contributed by atoms with Crippen LogP contribution in [0.2, 0.25) is 0 Å². The molecule has 27 heavy (non-hydrogen) atoms. The number of aromatic nitrogens is 4. The number of likely N-dealkylation sites (N-methyl/N-ethyl adjacent to an activating group) is 1. The zero-order chi connectivity index (χ0) is 19.7. The molecule has 0 radical (unpaired) electrons. The molecule has 0 fully saturated rings. The highest BCUT2D eigenvalue weighted by atomic mass is 32.2. The van der Waals surface area contributed by atoms with Crippen molar-refractivity contribution in [3.05, 3.63) is 46.3 Å². The van der Waals surface area contributed by atoms with Crippen LogP contribution in [0.5, 0.6) is 0 Å². The Hall–Kier alpha value is -2.41. The minimum Gasteiger partial charge on any atom is -0.312 e. The van der Waals surface area contributed by atoms with Crippen LogP contribution in [0.25, 0.3) is 5.78 Å². The first kappa shape index (κ1) is 19.4. The molecule has 0 aliphatic rings.